The van der Waals surface area contributed by atoms with Gasteiger partial charge in [0.2, 0.25) is 11.8 Å². The van der Waals surface area contributed by atoms with Crippen molar-refractivity contribution in [3.05, 3.63) is 65.6 Å². The highest BCUT2D eigenvalue weighted by Gasteiger charge is 2.37. The first kappa shape index (κ1) is 22.1. The van der Waals surface area contributed by atoms with Gasteiger partial charge in [-0.1, -0.05) is 0 Å². The molecule has 4 rings (SSSR count). The van der Waals surface area contributed by atoms with Gasteiger partial charge in [0.05, 0.1) is 6.20 Å². The second kappa shape index (κ2) is 8.81. The van der Waals surface area contributed by atoms with Crippen molar-refractivity contribution >= 4 is 17.4 Å². The molecule has 0 fully saturated rings. The zero-order valence-corrected chi connectivity index (χ0v) is 17.6. The van der Waals surface area contributed by atoms with Crippen molar-refractivity contribution in [2.45, 2.75) is 32.9 Å². The van der Waals surface area contributed by atoms with E-state index >= 15 is 0 Å². The first-order valence-electron chi connectivity index (χ1n) is 9.84. The van der Waals surface area contributed by atoms with Gasteiger partial charge in [-0.2, -0.15) is 18.2 Å². The molecule has 170 valence electrons. The van der Waals surface area contributed by atoms with Gasteiger partial charge in [-0.25, -0.2) is 14.5 Å². The van der Waals surface area contributed by atoms with Gasteiger partial charge in [-0.3, -0.25) is 9.78 Å². The lowest BCUT2D eigenvalue weighted by Crippen LogP contribution is -2.14. The smallest absolute Gasteiger partial charge is 0.438 e. The summed E-state index contributed by atoms with van der Waals surface area (Å²) in [4.78, 5) is 27.9. The Bertz CT molecular complexity index is 1290. The second-order valence-corrected chi connectivity index (χ2v) is 7.12. The van der Waals surface area contributed by atoms with Crippen LogP contribution >= 0.6 is 0 Å². The molecule has 0 aliphatic rings. The molecule has 1 N–H and O–H groups in total. The Balaban J connectivity index is 1.40. The van der Waals surface area contributed by atoms with Crippen LogP contribution in [0.4, 0.5) is 18.9 Å². The summed E-state index contributed by atoms with van der Waals surface area (Å²) in [6.45, 7) is 3.29. The van der Waals surface area contributed by atoms with E-state index in [4.69, 9.17) is 4.74 Å². The van der Waals surface area contributed by atoms with Crippen LogP contribution in [-0.4, -0.2) is 35.5 Å². The first-order chi connectivity index (χ1) is 15.7. The Hall–Kier alpha value is -4.09. The fourth-order valence-electron chi connectivity index (χ4n) is 3.22. The lowest BCUT2D eigenvalue weighted by Gasteiger charge is -2.11. The lowest BCUT2D eigenvalue weighted by atomic mass is 10.1. The van der Waals surface area contributed by atoms with E-state index in [-0.39, 0.29) is 24.5 Å². The molecule has 33 heavy (non-hydrogen) atoms. The summed E-state index contributed by atoms with van der Waals surface area (Å²) in [5.41, 5.74) is 2.17. The summed E-state index contributed by atoms with van der Waals surface area (Å²) in [5, 5.41) is 6.29. The van der Waals surface area contributed by atoms with Gasteiger partial charge < -0.3 is 10.1 Å². The number of alkyl halides is 3. The third kappa shape index (κ3) is 5.05. The van der Waals surface area contributed by atoms with Crippen LogP contribution in [0.2, 0.25) is 0 Å². The molecule has 1 aromatic carbocycles. The molecule has 0 saturated carbocycles. The number of benzene rings is 1. The van der Waals surface area contributed by atoms with Gasteiger partial charge in [-0.15, -0.1) is 5.10 Å². The zero-order chi connectivity index (χ0) is 23.6. The number of halogens is 3. The summed E-state index contributed by atoms with van der Waals surface area (Å²) in [7, 11) is 0. The van der Waals surface area contributed by atoms with Crippen LogP contribution in [0, 0.1) is 13.8 Å². The number of rotatable bonds is 6. The minimum Gasteiger partial charge on any atom is -0.438 e. The van der Waals surface area contributed by atoms with Crippen molar-refractivity contribution < 1.29 is 22.7 Å². The van der Waals surface area contributed by atoms with Gasteiger partial charge in [0.15, 0.2) is 0 Å². The number of aryl methyl sites for hydroxylation is 2. The van der Waals surface area contributed by atoms with Gasteiger partial charge in [0.1, 0.15) is 5.75 Å². The number of carbonyl (C=O) groups excluding carboxylic acids is 1. The first-order valence-corrected chi connectivity index (χ1v) is 9.84. The van der Waals surface area contributed by atoms with Crippen LogP contribution in [0.5, 0.6) is 11.6 Å². The molecule has 3 heterocycles. The van der Waals surface area contributed by atoms with Crippen LogP contribution in [-0.2, 0) is 17.4 Å². The second-order valence-electron chi connectivity index (χ2n) is 7.12. The van der Waals surface area contributed by atoms with Crippen LogP contribution in [0.1, 0.15) is 29.2 Å². The van der Waals surface area contributed by atoms with Crippen LogP contribution in [0.25, 0.3) is 5.78 Å². The van der Waals surface area contributed by atoms with Crippen molar-refractivity contribution in [1.82, 2.24) is 29.5 Å². The van der Waals surface area contributed by atoms with E-state index < -0.39 is 12.0 Å². The minimum atomic E-state index is -4.66. The summed E-state index contributed by atoms with van der Waals surface area (Å²) >= 11 is 0. The molecule has 0 atom stereocenters. The van der Waals surface area contributed by atoms with E-state index in [0.717, 1.165) is 4.52 Å². The number of hydrogen-bond acceptors (Lipinski definition) is 7. The van der Waals surface area contributed by atoms with Crippen molar-refractivity contribution in [3.8, 4) is 11.6 Å². The predicted molar refractivity (Wildman–Crippen MR) is 111 cm³/mol. The number of anilines is 1. The fraction of sp³-hybridized carbons (Fsp3) is 0.238. The molecule has 0 aliphatic carbocycles. The average Bonchev–Trinajstić information content (AvgIpc) is 3.20. The normalized spacial score (nSPS) is 11.5. The highest BCUT2D eigenvalue weighted by Crippen LogP contribution is 2.27. The molecule has 12 heteroatoms. The van der Waals surface area contributed by atoms with E-state index in [1.54, 1.807) is 38.1 Å². The van der Waals surface area contributed by atoms with Crippen molar-refractivity contribution in [1.29, 1.82) is 0 Å². The maximum Gasteiger partial charge on any atom is 0.453 e. The largest absolute Gasteiger partial charge is 0.453 e. The molecular weight excluding hydrogens is 439 g/mol. The Morgan fingerprint density at radius 1 is 1.12 bits per heavy atom. The number of nitrogens with zero attached hydrogens (tertiary/aromatic N) is 6. The number of aromatic nitrogens is 6. The topological polar surface area (TPSA) is 107 Å². The molecule has 0 saturated heterocycles. The molecular formula is C21H18F3N7O2. The SMILES string of the molecule is Cc1nc2nc(C(F)(F)F)nn2c(C)c1CCC(=O)Nc1ccc(Oc2cnccn2)cc1. The van der Waals surface area contributed by atoms with E-state index in [0.29, 0.717) is 34.3 Å². The molecule has 0 bridgehead atoms. The Kier molecular flexibility index (Phi) is 5.90. The number of nitrogens with one attached hydrogen (secondary N) is 1. The highest BCUT2D eigenvalue weighted by molar-refractivity contribution is 5.90. The predicted octanol–water partition coefficient (Wildman–Crippen LogP) is 3.91. The fourth-order valence-corrected chi connectivity index (χ4v) is 3.22. The highest BCUT2D eigenvalue weighted by atomic mass is 19.4. The summed E-state index contributed by atoms with van der Waals surface area (Å²) in [5.74, 6) is -0.759. The third-order valence-corrected chi connectivity index (χ3v) is 4.80. The maximum absolute atomic E-state index is 12.9. The van der Waals surface area contributed by atoms with Crippen LogP contribution in [0.15, 0.2) is 42.9 Å². The monoisotopic (exact) mass is 457 g/mol. The quantitative estimate of drug-likeness (QED) is 0.468. The molecule has 4 aromatic rings. The molecule has 9 nitrogen and oxygen atoms in total. The van der Waals surface area contributed by atoms with E-state index in [1.807, 2.05) is 0 Å². The van der Waals surface area contributed by atoms with E-state index in [9.17, 15) is 18.0 Å². The van der Waals surface area contributed by atoms with Crippen molar-refractivity contribution in [2.75, 3.05) is 5.32 Å². The summed E-state index contributed by atoms with van der Waals surface area (Å²) < 4.78 is 45.4. The van der Waals surface area contributed by atoms with Gasteiger partial charge in [0.25, 0.3) is 11.6 Å². The molecule has 0 spiro atoms. The summed E-state index contributed by atoms with van der Waals surface area (Å²) in [6.07, 6.45) is 0.250. The van der Waals surface area contributed by atoms with E-state index in [1.165, 1.54) is 18.6 Å². The number of fused-ring (bicyclic) bond motifs is 1. The average molecular weight is 457 g/mol. The summed E-state index contributed by atoms with van der Waals surface area (Å²) in [6, 6.07) is 6.72. The number of carbonyl (C=O) groups is 1. The zero-order valence-electron chi connectivity index (χ0n) is 17.6. The molecule has 0 unspecified atom stereocenters. The van der Waals surface area contributed by atoms with Gasteiger partial charge in [-0.05, 0) is 50.1 Å². The Morgan fingerprint density at radius 3 is 2.55 bits per heavy atom. The van der Waals surface area contributed by atoms with Gasteiger partial charge >= 0.3 is 6.18 Å². The van der Waals surface area contributed by atoms with Crippen molar-refractivity contribution in [2.24, 2.45) is 0 Å². The molecule has 1 amide bonds. The molecule has 0 radical (unpaired) electrons. The Morgan fingerprint density at radius 2 is 1.88 bits per heavy atom. The maximum atomic E-state index is 12.9. The number of hydrogen-bond donors (Lipinski definition) is 1. The number of ether oxygens (including phenoxy) is 1. The standard InChI is InChI=1S/C21H18F3N7O2/c1-12-16(13(2)31-20(27-12)29-19(30-31)21(22,23)24)7-8-17(32)28-14-3-5-15(6-4-14)33-18-11-25-9-10-26-18/h3-6,9-11H,7-8H2,1-2H3,(H,28,32). The van der Waals surface area contributed by atoms with Crippen LogP contribution < -0.4 is 10.1 Å². The number of amides is 1. The molecule has 0 aliphatic heterocycles. The van der Waals surface area contributed by atoms with Crippen LogP contribution in [0.3, 0.4) is 0 Å². The Labute approximate surface area is 185 Å². The molecule has 3 aromatic heterocycles. The third-order valence-electron chi connectivity index (χ3n) is 4.80. The lowest BCUT2D eigenvalue weighted by molar-refractivity contribution is -0.144. The van der Waals surface area contributed by atoms with E-state index in [2.05, 4.69) is 30.4 Å². The van der Waals surface area contributed by atoms with Gasteiger partial charge in [0, 0.05) is 35.9 Å². The van der Waals surface area contributed by atoms with Crippen molar-refractivity contribution in [3.63, 3.8) is 0 Å². The minimum absolute atomic E-state index is 0.105.